The number of hydrogen-bond donors (Lipinski definition) is 2. The van der Waals surface area contributed by atoms with Gasteiger partial charge in [-0.3, -0.25) is 9.59 Å². The average molecular weight is 447 g/mol. The molecule has 0 bridgehead atoms. The number of thiophene rings is 1. The molecule has 2 aromatic carbocycles. The van der Waals surface area contributed by atoms with Crippen molar-refractivity contribution >= 4 is 33.8 Å². The third-order valence-electron chi connectivity index (χ3n) is 6.03. The van der Waals surface area contributed by atoms with Crippen molar-refractivity contribution in [2.75, 3.05) is 10.6 Å². The summed E-state index contributed by atoms with van der Waals surface area (Å²) in [6.45, 7) is 4.43. The molecule has 1 unspecified atom stereocenters. The fourth-order valence-electron chi connectivity index (χ4n) is 4.17. The molecule has 3 aromatic rings. The van der Waals surface area contributed by atoms with E-state index in [2.05, 4.69) is 36.6 Å². The summed E-state index contributed by atoms with van der Waals surface area (Å²) in [5.41, 5.74) is 4.35. The van der Waals surface area contributed by atoms with Gasteiger partial charge in [0, 0.05) is 16.1 Å². The van der Waals surface area contributed by atoms with Crippen LogP contribution in [-0.4, -0.2) is 11.8 Å². The number of hydrogen-bond acceptors (Lipinski definition) is 3. The molecule has 1 aliphatic rings. The van der Waals surface area contributed by atoms with Gasteiger partial charge in [-0.05, 0) is 73.4 Å². The van der Waals surface area contributed by atoms with Gasteiger partial charge in [0.05, 0.1) is 5.56 Å². The van der Waals surface area contributed by atoms with Crippen LogP contribution in [0.3, 0.4) is 0 Å². The zero-order valence-electron chi connectivity index (χ0n) is 18.7. The first-order chi connectivity index (χ1) is 15.5. The Labute approximate surface area is 194 Å². The number of carbonyl (C=O) groups is 2. The largest absolute Gasteiger partial charge is 0.322 e. The lowest BCUT2D eigenvalue weighted by atomic mass is 9.88. The topological polar surface area (TPSA) is 58.2 Å². The summed E-state index contributed by atoms with van der Waals surface area (Å²) in [7, 11) is 0. The van der Waals surface area contributed by atoms with E-state index in [1.165, 1.54) is 10.4 Å². The van der Waals surface area contributed by atoms with Gasteiger partial charge in [-0.25, -0.2) is 0 Å². The van der Waals surface area contributed by atoms with Crippen LogP contribution in [0.1, 0.15) is 69.8 Å². The van der Waals surface area contributed by atoms with Gasteiger partial charge in [0.2, 0.25) is 0 Å². The van der Waals surface area contributed by atoms with Gasteiger partial charge in [-0.15, -0.1) is 11.3 Å². The lowest BCUT2D eigenvalue weighted by Crippen LogP contribution is -2.19. The van der Waals surface area contributed by atoms with Crippen molar-refractivity contribution in [2.24, 2.45) is 5.92 Å². The molecule has 1 aliphatic carbocycles. The van der Waals surface area contributed by atoms with Crippen LogP contribution in [-0.2, 0) is 19.3 Å². The lowest BCUT2D eigenvalue weighted by Gasteiger charge is -2.18. The average Bonchev–Trinajstić information content (AvgIpc) is 3.16. The first kappa shape index (κ1) is 22.3. The Morgan fingerprint density at radius 3 is 2.47 bits per heavy atom. The molecule has 1 aromatic heterocycles. The first-order valence-corrected chi connectivity index (χ1v) is 12.3. The van der Waals surface area contributed by atoms with Crippen LogP contribution in [0.5, 0.6) is 0 Å². The van der Waals surface area contributed by atoms with E-state index in [0.717, 1.165) is 49.8 Å². The molecule has 5 heteroatoms. The maximum atomic E-state index is 13.4. The highest BCUT2D eigenvalue weighted by Gasteiger charge is 2.28. The van der Waals surface area contributed by atoms with E-state index in [1.54, 1.807) is 23.5 Å². The molecule has 1 atom stereocenters. The number of fused-ring (bicyclic) bond motifs is 1. The summed E-state index contributed by atoms with van der Waals surface area (Å²) in [6.07, 6.45) is 6.26. The molecule has 4 nitrogen and oxygen atoms in total. The Morgan fingerprint density at radius 2 is 1.75 bits per heavy atom. The van der Waals surface area contributed by atoms with Gasteiger partial charge in [-0.2, -0.15) is 0 Å². The number of benzene rings is 2. The number of aryl methyl sites for hydroxylation is 1. The van der Waals surface area contributed by atoms with Crippen LogP contribution in [0, 0.1) is 5.92 Å². The molecule has 0 saturated heterocycles. The van der Waals surface area contributed by atoms with Crippen molar-refractivity contribution in [1.29, 1.82) is 0 Å². The van der Waals surface area contributed by atoms with Crippen molar-refractivity contribution in [2.45, 2.75) is 52.4 Å². The number of rotatable bonds is 7. The molecular formula is C27H30N2O2S. The minimum atomic E-state index is -0.188. The van der Waals surface area contributed by atoms with Crippen LogP contribution < -0.4 is 10.6 Å². The molecular weight excluding hydrogens is 416 g/mol. The Morgan fingerprint density at radius 1 is 1.00 bits per heavy atom. The predicted molar refractivity (Wildman–Crippen MR) is 133 cm³/mol. The second-order valence-electron chi connectivity index (χ2n) is 8.63. The minimum Gasteiger partial charge on any atom is -0.322 e. The highest BCUT2D eigenvalue weighted by Crippen LogP contribution is 2.40. The van der Waals surface area contributed by atoms with Gasteiger partial charge < -0.3 is 10.6 Å². The fraction of sp³-hybridized carbons (Fsp3) is 0.333. The third-order valence-corrected chi connectivity index (χ3v) is 7.20. The SMILES string of the molecule is CCCCc1ccc(NC(=O)c2c(NC(=O)c3ccccc3)sc3c2CCC(C)C3)cc1. The van der Waals surface area contributed by atoms with E-state index in [0.29, 0.717) is 22.0 Å². The fourth-order valence-corrected chi connectivity index (χ4v) is 5.58. The maximum absolute atomic E-state index is 13.4. The van der Waals surface area contributed by atoms with Gasteiger partial charge in [-0.1, -0.05) is 50.6 Å². The lowest BCUT2D eigenvalue weighted by molar-refractivity contribution is 0.102. The Kier molecular flexibility index (Phi) is 7.05. The summed E-state index contributed by atoms with van der Waals surface area (Å²) < 4.78 is 0. The Hall–Kier alpha value is -2.92. The second kappa shape index (κ2) is 10.1. The predicted octanol–water partition coefficient (Wildman–Crippen LogP) is 6.72. The molecule has 0 aliphatic heterocycles. The van der Waals surface area contributed by atoms with E-state index in [4.69, 9.17) is 0 Å². The normalized spacial score (nSPS) is 15.1. The smallest absolute Gasteiger partial charge is 0.258 e. The second-order valence-corrected chi connectivity index (χ2v) is 9.74. The zero-order chi connectivity index (χ0) is 22.5. The Bertz CT molecular complexity index is 1090. The summed E-state index contributed by atoms with van der Waals surface area (Å²) in [5.74, 6) is 0.249. The first-order valence-electron chi connectivity index (χ1n) is 11.5. The van der Waals surface area contributed by atoms with Crippen molar-refractivity contribution < 1.29 is 9.59 Å². The van der Waals surface area contributed by atoms with Gasteiger partial charge >= 0.3 is 0 Å². The molecule has 4 rings (SSSR count). The molecule has 32 heavy (non-hydrogen) atoms. The Balaban J connectivity index is 1.58. The minimum absolute atomic E-state index is 0.151. The van der Waals surface area contributed by atoms with Crippen LogP contribution in [0.2, 0.25) is 0 Å². The van der Waals surface area contributed by atoms with Crippen molar-refractivity contribution in [1.82, 2.24) is 0 Å². The number of nitrogens with one attached hydrogen (secondary N) is 2. The van der Waals surface area contributed by atoms with Crippen molar-refractivity contribution in [3.05, 3.63) is 81.7 Å². The van der Waals surface area contributed by atoms with E-state index in [9.17, 15) is 9.59 Å². The van der Waals surface area contributed by atoms with Gasteiger partial charge in [0.25, 0.3) is 11.8 Å². The molecule has 2 N–H and O–H groups in total. The van der Waals surface area contributed by atoms with Crippen LogP contribution >= 0.6 is 11.3 Å². The zero-order valence-corrected chi connectivity index (χ0v) is 19.6. The number of carbonyl (C=O) groups excluding carboxylic acids is 2. The van der Waals surface area contributed by atoms with Gasteiger partial charge in [0.1, 0.15) is 5.00 Å². The highest BCUT2D eigenvalue weighted by molar-refractivity contribution is 7.17. The summed E-state index contributed by atoms with van der Waals surface area (Å²) >= 11 is 1.55. The summed E-state index contributed by atoms with van der Waals surface area (Å²) in [6, 6.07) is 17.2. The molecule has 166 valence electrons. The third kappa shape index (κ3) is 5.10. The number of amides is 2. The standard InChI is InChI=1S/C27H30N2O2S/c1-3-4-8-19-12-14-21(15-13-19)28-26(31)24-22-16-11-18(2)17-23(22)32-27(24)29-25(30)20-9-6-5-7-10-20/h5-7,9-10,12-15,18H,3-4,8,11,16-17H2,1-2H3,(H,28,31)(H,29,30). The van der Waals surface area contributed by atoms with E-state index < -0.39 is 0 Å². The van der Waals surface area contributed by atoms with E-state index in [1.807, 2.05) is 30.3 Å². The van der Waals surface area contributed by atoms with Crippen LogP contribution in [0.15, 0.2) is 54.6 Å². The quantitative estimate of drug-likeness (QED) is 0.423. The molecule has 2 amide bonds. The molecule has 0 spiro atoms. The van der Waals surface area contributed by atoms with E-state index >= 15 is 0 Å². The molecule has 1 heterocycles. The number of anilines is 2. The number of unbranched alkanes of at least 4 members (excludes halogenated alkanes) is 1. The molecule has 0 fully saturated rings. The molecule has 0 radical (unpaired) electrons. The monoisotopic (exact) mass is 446 g/mol. The van der Waals surface area contributed by atoms with Gasteiger partial charge in [0.15, 0.2) is 0 Å². The summed E-state index contributed by atoms with van der Waals surface area (Å²) in [5, 5.41) is 6.72. The van der Waals surface area contributed by atoms with Crippen LogP contribution in [0.25, 0.3) is 0 Å². The maximum Gasteiger partial charge on any atom is 0.258 e. The van der Waals surface area contributed by atoms with Crippen LogP contribution in [0.4, 0.5) is 10.7 Å². The van der Waals surface area contributed by atoms with E-state index in [-0.39, 0.29) is 11.8 Å². The summed E-state index contributed by atoms with van der Waals surface area (Å²) in [4.78, 5) is 27.4. The molecule has 0 saturated carbocycles. The van der Waals surface area contributed by atoms with Crippen molar-refractivity contribution in [3.63, 3.8) is 0 Å². The highest BCUT2D eigenvalue weighted by atomic mass is 32.1. The van der Waals surface area contributed by atoms with Crippen molar-refractivity contribution in [3.8, 4) is 0 Å².